The minimum absolute atomic E-state index is 0.0682. The van der Waals surface area contributed by atoms with E-state index in [1.54, 1.807) is 42.5 Å². The molecule has 0 bridgehead atoms. The van der Waals surface area contributed by atoms with Crippen LogP contribution in [0.25, 0.3) is 11.1 Å². The number of carboxylic acid groups (broad SMARTS) is 1. The third kappa shape index (κ3) is 8.20. The number of rotatable bonds is 13. The fourth-order valence-electron chi connectivity index (χ4n) is 4.52. The van der Waals surface area contributed by atoms with E-state index in [0.29, 0.717) is 41.8 Å². The van der Waals surface area contributed by atoms with E-state index in [4.69, 9.17) is 0 Å². The number of aromatic nitrogens is 2. The molecule has 0 spiro atoms. The Bertz CT molecular complexity index is 1680. The molecule has 1 aromatic heterocycles. The van der Waals surface area contributed by atoms with E-state index in [2.05, 4.69) is 15.0 Å². The van der Waals surface area contributed by atoms with Crippen LogP contribution in [0.5, 0.6) is 0 Å². The van der Waals surface area contributed by atoms with Crippen LogP contribution < -0.4 is 10.0 Å². The number of carbonyl (C=O) groups excluding carboxylic acids is 1. The number of carboxylic acids is 1. The summed E-state index contributed by atoms with van der Waals surface area (Å²) in [5.41, 5.74) is 2.25. The first kappa shape index (κ1) is 31.7. The van der Waals surface area contributed by atoms with Crippen LogP contribution in [0.4, 0.5) is 13.6 Å². The monoisotopic (exact) mass is 628 g/mol. The number of carbonyl (C=O) groups is 2. The van der Waals surface area contributed by atoms with Gasteiger partial charge in [-0.1, -0.05) is 79.7 Å². The highest BCUT2D eigenvalue weighted by Gasteiger charge is 2.26. The molecule has 0 aliphatic heterocycles. The number of thioether (sulfide) groups is 1. The highest BCUT2D eigenvalue weighted by atomic mass is 32.2. The van der Waals surface area contributed by atoms with Gasteiger partial charge in [0.1, 0.15) is 10.9 Å². The van der Waals surface area contributed by atoms with E-state index < -0.39 is 27.8 Å². The summed E-state index contributed by atoms with van der Waals surface area (Å²) in [7, 11) is -4.23. The number of imidazole rings is 1. The molecular formula is C30H30F2N4O5S2. The molecule has 3 aromatic carbocycles. The second-order valence-electron chi connectivity index (χ2n) is 9.49. The van der Waals surface area contributed by atoms with Crippen molar-refractivity contribution in [2.75, 3.05) is 6.54 Å². The van der Waals surface area contributed by atoms with Gasteiger partial charge in [0.05, 0.1) is 4.90 Å². The topological polar surface area (TPSA) is 130 Å². The van der Waals surface area contributed by atoms with E-state index >= 15 is 0 Å². The molecule has 0 aliphatic rings. The number of nitrogens with one attached hydrogen (secondary N) is 2. The second-order valence-corrected chi connectivity index (χ2v) is 12.1. The zero-order valence-electron chi connectivity index (χ0n) is 23.2. The van der Waals surface area contributed by atoms with Crippen LogP contribution >= 0.6 is 11.8 Å². The molecule has 226 valence electrons. The van der Waals surface area contributed by atoms with Gasteiger partial charge < -0.3 is 15.0 Å². The minimum atomic E-state index is -4.23. The van der Waals surface area contributed by atoms with Gasteiger partial charge in [0.2, 0.25) is 0 Å². The number of aromatic carboxylic acids is 1. The lowest BCUT2D eigenvalue weighted by Crippen LogP contribution is -2.40. The summed E-state index contributed by atoms with van der Waals surface area (Å²) in [6, 6.07) is 21.6. The Morgan fingerprint density at radius 2 is 1.63 bits per heavy atom. The number of aryl methyl sites for hydroxylation is 1. The van der Waals surface area contributed by atoms with Gasteiger partial charge in [-0.15, -0.1) is 0 Å². The molecular weight excluding hydrogens is 598 g/mol. The first-order chi connectivity index (χ1) is 20.6. The summed E-state index contributed by atoms with van der Waals surface area (Å²) in [6.45, 7) is 2.19. The third-order valence-electron chi connectivity index (χ3n) is 6.44. The quantitative estimate of drug-likeness (QED) is 0.160. The van der Waals surface area contributed by atoms with Crippen LogP contribution in [-0.4, -0.2) is 47.4 Å². The smallest absolute Gasteiger partial charge is 0.355 e. The van der Waals surface area contributed by atoms with Crippen LogP contribution in [0.15, 0.2) is 88.8 Å². The predicted octanol–water partition coefficient (Wildman–Crippen LogP) is 5.79. The lowest BCUT2D eigenvalue weighted by Gasteiger charge is -2.14. The maximum absolute atomic E-state index is 13.2. The van der Waals surface area contributed by atoms with Gasteiger partial charge in [-0.2, -0.15) is 8.78 Å². The molecule has 43 heavy (non-hydrogen) atoms. The van der Waals surface area contributed by atoms with Crippen LogP contribution in [-0.2, 0) is 29.4 Å². The fourth-order valence-corrected chi connectivity index (χ4v) is 6.32. The molecule has 0 unspecified atom stereocenters. The number of sulfonamides is 1. The van der Waals surface area contributed by atoms with Crippen molar-refractivity contribution < 1.29 is 31.9 Å². The summed E-state index contributed by atoms with van der Waals surface area (Å²) in [6.07, 6.45) is 1.58. The first-order valence-corrected chi connectivity index (χ1v) is 15.8. The predicted molar refractivity (Wildman–Crippen MR) is 160 cm³/mol. The number of hydrogen-bond acceptors (Lipinski definition) is 6. The van der Waals surface area contributed by atoms with Gasteiger partial charge in [-0.05, 0) is 47.4 Å². The Balaban J connectivity index is 1.52. The Morgan fingerprint density at radius 1 is 0.953 bits per heavy atom. The Kier molecular flexibility index (Phi) is 10.5. The maximum atomic E-state index is 13.2. The summed E-state index contributed by atoms with van der Waals surface area (Å²) in [5.74, 6) is -3.79. The van der Waals surface area contributed by atoms with Crippen LogP contribution in [0, 0.1) is 0 Å². The van der Waals surface area contributed by atoms with Gasteiger partial charge in [0.15, 0.2) is 5.69 Å². The number of urea groups is 1. The summed E-state index contributed by atoms with van der Waals surface area (Å²) in [4.78, 5) is 28.5. The number of nitrogens with zero attached hydrogens (tertiary/aromatic N) is 2. The number of benzene rings is 3. The van der Waals surface area contributed by atoms with Crippen LogP contribution in [0.2, 0.25) is 0 Å². The molecule has 0 fully saturated rings. The lowest BCUT2D eigenvalue weighted by atomic mass is 10.0. The van der Waals surface area contributed by atoms with Gasteiger partial charge >= 0.3 is 12.0 Å². The van der Waals surface area contributed by atoms with Gasteiger partial charge in [0, 0.05) is 25.1 Å². The van der Waals surface area contributed by atoms with E-state index in [1.165, 1.54) is 10.6 Å². The lowest BCUT2D eigenvalue weighted by molar-refractivity contribution is 0.0681. The summed E-state index contributed by atoms with van der Waals surface area (Å²) < 4.78 is 56.0. The van der Waals surface area contributed by atoms with Crippen molar-refractivity contribution >= 4 is 33.8 Å². The van der Waals surface area contributed by atoms with Crippen LogP contribution in [0.1, 0.15) is 40.8 Å². The average molecular weight is 629 g/mol. The number of alkyl halides is 2. The SMILES string of the molecule is CCCc1nc(SC(F)F)c(C(=O)O)n1Cc1ccc(-c2ccccc2S(=O)(=O)NC(=O)NCCc2ccccc2)cc1. The van der Waals surface area contributed by atoms with Crippen molar-refractivity contribution in [2.24, 2.45) is 0 Å². The zero-order chi connectivity index (χ0) is 31.0. The molecule has 2 amide bonds. The van der Waals surface area contributed by atoms with Gasteiger partial charge in [0.25, 0.3) is 15.8 Å². The number of halogens is 2. The molecule has 1 heterocycles. The van der Waals surface area contributed by atoms with Crippen molar-refractivity contribution in [3.05, 3.63) is 102 Å². The molecule has 0 radical (unpaired) electrons. The second kappa shape index (κ2) is 14.3. The van der Waals surface area contributed by atoms with Crippen LogP contribution in [0.3, 0.4) is 0 Å². The van der Waals surface area contributed by atoms with Gasteiger partial charge in [-0.3, -0.25) is 0 Å². The van der Waals surface area contributed by atoms with E-state index in [-0.39, 0.29) is 40.5 Å². The molecule has 4 rings (SSSR count). The van der Waals surface area contributed by atoms with E-state index in [9.17, 15) is 31.9 Å². The minimum Gasteiger partial charge on any atom is -0.476 e. The normalized spacial score (nSPS) is 11.4. The molecule has 0 aliphatic carbocycles. The Labute approximate surface area is 252 Å². The molecule has 4 aromatic rings. The van der Waals surface area contributed by atoms with Crippen molar-refractivity contribution in [1.82, 2.24) is 19.6 Å². The van der Waals surface area contributed by atoms with E-state index in [0.717, 1.165) is 5.56 Å². The third-order valence-corrected chi connectivity index (χ3v) is 8.52. The van der Waals surface area contributed by atoms with E-state index in [1.807, 2.05) is 37.3 Å². The summed E-state index contributed by atoms with van der Waals surface area (Å²) in [5, 5.41) is 12.1. The van der Waals surface area contributed by atoms with Crippen molar-refractivity contribution in [3.63, 3.8) is 0 Å². The fraction of sp³-hybridized carbons (Fsp3) is 0.233. The average Bonchev–Trinajstić information content (AvgIpc) is 3.29. The highest BCUT2D eigenvalue weighted by molar-refractivity contribution is 7.99. The van der Waals surface area contributed by atoms with Crippen molar-refractivity contribution in [3.8, 4) is 11.1 Å². The molecule has 13 heteroatoms. The molecule has 0 saturated heterocycles. The van der Waals surface area contributed by atoms with Crippen molar-refractivity contribution in [1.29, 1.82) is 0 Å². The Morgan fingerprint density at radius 3 is 2.28 bits per heavy atom. The Hall–Kier alpha value is -4.23. The molecule has 9 nitrogen and oxygen atoms in total. The summed E-state index contributed by atoms with van der Waals surface area (Å²) >= 11 is 0.0982. The van der Waals surface area contributed by atoms with Gasteiger partial charge in [-0.25, -0.2) is 27.7 Å². The largest absolute Gasteiger partial charge is 0.476 e. The van der Waals surface area contributed by atoms with Crippen molar-refractivity contribution in [2.45, 2.75) is 48.4 Å². The number of hydrogen-bond donors (Lipinski definition) is 3. The molecule has 0 atom stereocenters. The highest BCUT2D eigenvalue weighted by Crippen LogP contribution is 2.31. The zero-order valence-corrected chi connectivity index (χ0v) is 24.8. The maximum Gasteiger partial charge on any atom is 0.355 e. The molecule has 3 N–H and O–H groups in total. The molecule has 0 saturated carbocycles. The standard InChI is InChI=1S/C30H30F2N4O5S2/c1-2-8-25-34-27(42-29(31)32)26(28(37)38)36(25)19-21-13-15-22(16-14-21)23-11-6-7-12-24(23)43(40,41)35-30(39)33-18-17-20-9-4-3-5-10-20/h3-7,9-16,29H,2,8,17-19H2,1H3,(H,37,38)(H2,33,35,39). The number of amides is 2. The first-order valence-electron chi connectivity index (χ1n) is 13.4.